The highest BCUT2D eigenvalue weighted by molar-refractivity contribution is 6.73. The maximum atomic E-state index is 14.5. The van der Waals surface area contributed by atoms with Crippen LogP contribution >= 0.6 is 0 Å². The topological polar surface area (TPSA) is 73.7 Å². The molecule has 0 N–H and O–H groups in total. The molecule has 1 saturated carbocycles. The third-order valence-corrected chi connectivity index (χ3v) is 14.7. The van der Waals surface area contributed by atoms with Gasteiger partial charge in [0.2, 0.25) is 0 Å². The summed E-state index contributed by atoms with van der Waals surface area (Å²) < 4.78 is 43.6. The monoisotopic (exact) mass is 653 g/mol. The van der Waals surface area contributed by atoms with Crippen LogP contribution in [0.3, 0.4) is 0 Å². The molecule has 0 radical (unpaired) electrons. The Morgan fingerprint density at radius 1 is 1.02 bits per heavy atom. The van der Waals surface area contributed by atoms with Crippen LogP contribution < -0.4 is 4.74 Å². The average Bonchev–Trinajstić information content (AvgIpc) is 3.42. The van der Waals surface area contributed by atoms with Crippen molar-refractivity contribution < 1.29 is 27.5 Å². The van der Waals surface area contributed by atoms with Gasteiger partial charge in [-0.25, -0.2) is 8.78 Å². The maximum absolute atomic E-state index is 14.5. The lowest BCUT2D eigenvalue weighted by atomic mass is 9.84. The molecule has 1 heterocycles. The van der Waals surface area contributed by atoms with E-state index in [0.29, 0.717) is 16.9 Å². The van der Waals surface area contributed by atoms with Crippen LogP contribution in [0.5, 0.6) is 5.75 Å². The van der Waals surface area contributed by atoms with Gasteiger partial charge >= 0.3 is 0 Å². The molecule has 1 unspecified atom stereocenters. The van der Waals surface area contributed by atoms with Crippen molar-refractivity contribution in [2.75, 3.05) is 13.7 Å². The van der Waals surface area contributed by atoms with Crippen molar-refractivity contribution >= 4 is 20.0 Å². The maximum Gasteiger partial charge on any atom is 0.257 e. The molecule has 0 bridgehead atoms. The molecule has 2 aromatic carbocycles. The van der Waals surface area contributed by atoms with E-state index in [2.05, 4.69) is 25.9 Å². The number of aromatic nitrogens is 2. The van der Waals surface area contributed by atoms with Crippen molar-refractivity contribution in [2.45, 2.75) is 104 Å². The van der Waals surface area contributed by atoms with Gasteiger partial charge in [0.05, 0.1) is 37.6 Å². The van der Waals surface area contributed by atoms with E-state index in [1.165, 1.54) is 12.1 Å². The SMILES string of the molecule is CC[Si](CC)(CC)OC(CN(Cc1cc(F)cc(F)c1)C(=O)c1cnn(C2CCC(C(C)=O)CC2)c1C)c1c(C)cccc1OC. The number of carbonyl (C=O) groups is 2. The first-order valence-electron chi connectivity index (χ1n) is 16.6. The van der Waals surface area contributed by atoms with E-state index in [9.17, 15) is 18.4 Å². The smallest absolute Gasteiger partial charge is 0.257 e. The number of amides is 1. The zero-order valence-corrected chi connectivity index (χ0v) is 29.4. The van der Waals surface area contributed by atoms with E-state index in [-0.39, 0.29) is 36.7 Å². The van der Waals surface area contributed by atoms with Gasteiger partial charge < -0.3 is 14.1 Å². The number of nitrogens with zero attached hydrogens (tertiary/aromatic N) is 3. The first kappa shape index (κ1) is 35.5. The van der Waals surface area contributed by atoms with Crippen molar-refractivity contribution in [3.05, 3.63) is 82.2 Å². The van der Waals surface area contributed by atoms with Crippen LogP contribution in [-0.4, -0.2) is 48.3 Å². The molecule has 4 rings (SSSR count). The highest BCUT2D eigenvalue weighted by Gasteiger charge is 2.36. The second-order valence-corrected chi connectivity index (χ2v) is 17.4. The lowest BCUT2D eigenvalue weighted by molar-refractivity contribution is -0.121. The molecule has 0 saturated heterocycles. The molecule has 1 fully saturated rings. The molecule has 1 aromatic heterocycles. The van der Waals surface area contributed by atoms with E-state index in [1.807, 2.05) is 36.7 Å². The van der Waals surface area contributed by atoms with Crippen LogP contribution in [-0.2, 0) is 15.8 Å². The summed E-state index contributed by atoms with van der Waals surface area (Å²) in [6.45, 7) is 12.2. The van der Waals surface area contributed by atoms with Crippen LogP contribution in [0.1, 0.15) is 98.3 Å². The molecule has 10 heteroatoms. The summed E-state index contributed by atoms with van der Waals surface area (Å²) in [5.41, 5.74) is 3.36. The summed E-state index contributed by atoms with van der Waals surface area (Å²) >= 11 is 0. The van der Waals surface area contributed by atoms with E-state index in [0.717, 1.165) is 66.7 Å². The summed E-state index contributed by atoms with van der Waals surface area (Å²) in [7, 11) is -0.585. The molecule has 0 aliphatic heterocycles. The second kappa shape index (κ2) is 15.5. The number of ketones is 1. The number of benzene rings is 2. The van der Waals surface area contributed by atoms with Crippen LogP contribution in [0.25, 0.3) is 0 Å². The predicted octanol–water partition coefficient (Wildman–Crippen LogP) is 8.51. The summed E-state index contributed by atoms with van der Waals surface area (Å²) in [6.07, 6.45) is 4.30. The highest BCUT2D eigenvalue weighted by Crippen LogP contribution is 2.38. The molecule has 1 aliphatic rings. The lowest BCUT2D eigenvalue weighted by Gasteiger charge is -2.37. The Hall–Kier alpha value is -3.37. The fraction of sp³-hybridized carbons (Fsp3) is 0.528. The normalized spacial score (nSPS) is 17.5. The number of Topliss-reactive ketones (excluding diaryl/α,β-unsaturated/α-hetero) is 1. The minimum atomic E-state index is -2.21. The standard InChI is InChI=1S/C36H49F2N3O4Si/c1-8-46(9-2,10-3)45-34(35-24(4)12-11-13-33(35)44-7)23-40(22-27-18-29(37)20-30(38)19-27)36(43)32-21-39-41(25(32)5)31-16-14-28(15-17-31)26(6)42/h11-13,18-21,28,31,34H,8-10,14-17,22-23H2,1-7H3. The van der Waals surface area contributed by atoms with Gasteiger partial charge in [-0.1, -0.05) is 32.9 Å². The van der Waals surface area contributed by atoms with Gasteiger partial charge in [0.25, 0.3) is 5.91 Å². The third kappa shape index (κ3) is 7.94. The number of halogens is 2. The number of rotatable bonds is 14. The average molecular weight is 654 g/mol. The van der Waals surface area contributed by atoms with Gasteiger partial charge in [0.15, 0.2) is 8.32 Å². The minimum Gasteiger partial charge on any atom is -0.496 e. The largest absolute Gasteiger partial charge is 0.496 e. The highest BCUT2D eigenvalue weighted by atomic mass is 28.4. The quantitative estimate of drug-likeness (QED) is 0.163. The van der Waals surface area contributed by atoms with Crippen LogP contribution in [0.2, 0.25) is 18.1 Å². The fourth-order valence-corrected chi connectivity index (χ4v) is 9.77. The first-order valence-corrected chi connectivity index (χ1v) is 19.1. The molecule has 1 aliphatic carbocycles. The third-order valence-electron chi connectivity index (χ3n) is 10.0. The second-order valence-electron chi connectivity index (χ2n) is 12.7. The summed E-state index contributed by atoms with van der Waals surface area (Å²) in [4.78, 5) is 28.1. The number of carbonyl (C=O) groups excluding carboxylic acids is 2. The minimum absolute atomic E-state index is 0.0190. The predicted molar refractivity (Wildman–Crippen MR) is 178 cm³/mol. The Bertz CT molecular complexity index is 1490. The zero-order chi connectivity index (χ0) is 33.6. The summed E-state index contributed by atoms with van der Waals surface area (Å²) in [5, 5.41) is 4.65. The Morgan fingerprint density at radius 2 is 1.65 bits per heavy atom. The van der Waals surface area contributed by atoms with Crippen molar-refractivity contribution in [1.29, 1.82) is 0 Å². The molecule has 3 aromatic rings. The molecule has 1 amide bonds. The zero-order valence-electron chi connectivity index (χ0n) is 28.4. The Morgan fingerprint density at radius 3 is 2.22 bits per heavy atom. The molecule has 1 atom stereocenters. The van der Waals surface area contributed by atoms with Crippen molar-refractivity contribution in [1.82, 2.24) is 14.7 Å². The van der Waals surface area contributed by atoms with Crippen molar-refractivity contribution in [3.63, 3.8) is 0 Å². The lowest BCUT2D eigenvalue weighted by Crippen LogP contribution is -2.42. The molecule has 46 heavy (non-hydrogen) atoms. The van der Waals surface area contributed by atoms with Crippen molar-refractivity contribution in [2.24, 2.45) is 5.92 Å². The molecule has 0 spiro atoms. The number of ether oxygens (including phenoxy) is 1. The van der Waals surface area contributed by atoms with Crippen LogP contribution in [0.4, 0.5) is 8.78 Å². The van der Waals surface area contributed by atoms with E-state index in [4.69, 9.17) is 9.16 Å². The van der Waals surface area contributed by atoms with E-state index in [1.54, 1.807) is 25.1 Å². The molecular weight excluding hydrogens is 604 g/mol. The van der Waals surface area contributed by atoms with E-state index < -0.39 is 26.1 Å². The van der Waals surface area contributed by atoms with Gasteiger partial charge in [-0.2, -0.15) is 5.10 Å². The Labute approximate surface area is 273 Å². The van der Waals surface area contributed by atoms with Crippen molar-refractivity contribution in [3.8, 4) is 5.75 Å². The molecular formula is C36H49F2N3O4Si. The number of aryl methyl sites for hydroxylation is 1. The van der Waals surface area contributed by atoms with Gasteiger partial charge in [0, 0.05) is 29.8 Å². The summed E-state index contributed by atoms with van der Waals surface area (Å²) in [5.74, 6) is -0.713. The Kier molecular flexibility index (Phi) is 11.9. The number of methoxy groups -OCH3 is 1. The van der Waals surface area contributed by atoms with Gasteiger partial charge in [0.1, 0.15) is 23.2 Å². The van der Waals surface area contributed by atoms with E-state index >= 15 is 0 Å². The molecule has 250 valence electrons. The summed E-state index contributed by atoms with van der Waals surface area (Å²) in [6, 6.07) is 12.0. The number of hydrogen-bond donors (Lipinski definition) is 0. The van der Waals surface area contributed by atoms with Crippen LogP contribution in [0, 0.1) is 31.4 Å². The number of hydrogen-bond acceptors (Lipinski definition) is 5. The fourth-order valence-electron chi connectivity index (χ4n) is 6.97. The molecule has 7 nitrogen and oxygen atoms in total. The van der Waals surface area contributed by atoms with Gasteiger partial charge in [-0.3, -0.25) is 14.3 Å². The van der Waals surface area contributed by atoms with Gasteiger partial charge in [-0.15, -0.1) is 0 Å². The van der Waals surface area contributed by atoms with Gasteiger partial charge in [-0.05, 0) is 93.9 Å². The Balaban J connectivity index is 1.76. The first-order chi connectivity index (χ1) is 21.9. The van der Waals surface area contributed by atoms with Crippen LogP contribution in [0.15, 0.2) is 42.6 Å².